The van der Waals surface area contributed by atoms with Crippen LogP contribution in [0.15, 0.2) is 12.2 Å². The summed E-state index contributed by atoms with van der Waals surface area (Å²) < 4.78 is 5.12. The first kappa shape index (κ1) is 13.0. The molecule has 0 atom stereocenters. The monoisotopic (exact) mass is 226 g/mol. The van der Waals surface area contributed by atoms with Gasteiger partial charge in [0, 0.05) is 19.1 Å². The van der Waals surface area contributed by atoms with Crippen LogP contribution < -0.4 is 10.6 Å². The van der Waals surface area contributed by atoms with Crippen molar-refractivity contribution in [1.82, 2.24) is 10.6 Å². The molecule has 0 saturated carbocycles. The number of alkyl carbamates (subject to hydrolysis) is 1. The number of nitrogens with one attached hydrogen (secondary N) is 2. The maximum Gasteiger partial charge on any atom is 0.407 e. The van der Waals surface area contributed by atoms with Crippen LogP contribution in [0.1, 0.15) is 33.6 Å². The Morgan fingerprint density at radius 3 is 2.50 bits per heavy atom. The molecule has 1 aliphatic rings. The van der Waals surface area contributed by atoms with E-state index < -0.39 is 5.60 Å². The fraction of sp³-hybridized carbons (Fsp3) is 0.750. The van der Waals surface area contributed by atoms with Crippen LogP contribution in [0.2, 0.25) is 0 Å². The maximum atomic E-state index is 11.3. The van der Waals surface area contributed by atoms with Crippen molar-refractivity contribution in [3.05, 3.63) is 12.2 Å². The van der Waals surface area contributed by atoms with E-state index in [2.05, 4.69) is 22.8 Å². The molecule has 0 radical (unpaired) electrons. The van der Waals surface area contributed by atoms with E-state index in [0.717, 1.165) is 19.4 Å². The van der Waals surface area contributed by atoms with Crippen LogP contribution in [-0.2, 0) is 4.74 Å². The molecule has 1 amide bonds. The minimum Gasteiger partial charge on any atom is -0.444 e. The SMILES string of the molecule is CC(C)(C)OC(=O)NCCNC1CC=CC1. The first-order valence-corrected chi connectivity index (χ1v) is 5.82. The van der Waals surface area contributed by atoms with Crippen LogP contribution in [0.25, 0.3) is 0 Å². The van der Waals surface area contributed by atoms with Crippen molar-refractivity contribution in [2.75, 3.05) is 13.1 Å². The normalized spacial score (nSPS) is 16.4. The van der Waals surface area contributed by atoms with Gasteiger partial charge in [0.1, 0.15) is 5.60 Å². The summed E-state index contributed by atoms with van der Waals surface area (Å²) in [5, 5.41) is 6.09. The van der Waals surface area contributed by atoms with Crippen molar-refractivity contribution in [3.63, 3.8) is 0 Å². The molecular formula is C12H22N2O2. The molecule has 0 saturated heterocycles. The second kappa shape index (κ2) is 5.89. The Morgan fingerprint density at radius 1 is 1.31 bits per heavy atom. The number of carbonyl (C=O) groups is 1. The summed E-state index contributed by atoms with van der Waals surface area (Å²) in [6.07, 6.45) is 6.19. The van der Waals surface area contributed by atoms with Gasteiger partial charge in [0.2, 0.25) is 0 Å². The molecule has 1 aliphatic carbocycles. The zero-order valence-corrected chi connectivity index (χ0v) is 10.4. The lowest BCUT2D eigenvalue weighted by atomic mass is 10.2. The fourth-order valence-corrected chi connectivity index (χ4v) is 1.54. The van der Waals surface area contributed by atoms with E-state index in [1.165, 1.54) is 0 Å². The molecule has 0 fully saturated rings. The smallest absolute Gasteiger partial charge is 0.407 e. The quantitative estimate of drug-likeness (QED) is 0.568. The summed E-state index contributed by atoms with van der Waals surface area (Å²) in [6, 6.07) is 0.542. The van der Waals surface area contributed by atoms with Gasteiger partial charge in [0.15, 0.2) is 0 Å². The van der Waals surface area contributed by atoms with Crippen LogP contribution in [0.5, 0.6) is 0 Å². The Labute approximate surface area is 97.4 Å². The largest absolute Gasteiger partial charge is 0.444 e. The van der Waals surface area contributed by atoms with E-state index in [9.17, 15) is 4.79 Å². The van der Waals surface area contributed by atoms with E-state index in [1.807, 2.05) is 20.8 Å². The summed E-state index contributed by atoms with van der Waals surface area (Å²) in [7, 11) is 0. The summed E-state index contributed by atoms with van der Waals surface area (Å²) in [6.45, 7) is 6.95. The van der Waals surface area contributed by atoms with Crippen LogP contribution in [0.4, 0.5) is 4.79 Å². The van der Waals surface area contributed by atoms with Crippen molar-refractivity contribution in [1.29, 1.82) is 0 Å². The van der Waals surface area contributed by atoms with Gasteiger partial charge in [-0.25, -0.2) is 4.79 Å². The minimum absolute atomic E-state index is 0.348. The number of ether oxygens (including phenoxy) is 1. The average molecular weight is 226 g/mol. The van der Waals surface area contributed by atoms with Crippen molar-refractivity contribution >= 4 is 6.09 Å². The lowest BCUT2D eigenvalue weighted by molar-refractivity contribution is 0.0528. The van der Waals surface area contributed by atoms with Crippen molar-refractivity contribution in [2.45, 2.75) is 45.3 Å². The maximum absolute atomic E-state index is 11.3. The zero-order chi connectivity index (χ0) is 12.0. The summed E-state index contributed by atoms with van der Waals surface area (Å²) in [4.78, 5) is 11.3. The van der Waals surface area contributed by atoms with Gasteiger partial charge >= 0.3 is 6.09 Å². The third kappa shape index (κ3) is 5.75. The van der Waals surface area contributed by atoms with Crippen LogP contribution in [0.3, 0.4) is 0 Å². The lowest BCUT2D eigenvalue weighted by Crippen LogP contribution is -2.38. The Hall–Kier alpha value is -1.03. The van der Waals surface area contributed by atoms with E-state index in [-0.39, 0.29) is 6.09 Å². The van der Waals surface area contributed by atoms with Gasteiger partial charge in [-0.1, -0.05) is 12.2 Å². The Bertz CT molecular complexity index is 248. The predicted octanol–water partition coefficient (Wildman–Crippen LogP) is 1.82. The highest BCUT2D eigenvalue weighted by molar-refractivity contribution is 5.67. The molecule has 0 heterocycles. The Kier molecular flexibility index (Phi) is 4.80. The molecule has 0 aromatic heterocycles. The molecule has 1 rings (SSSR count). The highest BCUT2D eigenvalue weighted by Crippen LogP contribution is 2.08. The molecule has 92 valence electrons. The predicted molar refractivity (Wildman–Crippen MR) is 64.4 cm³/mol. The standard InChI is InChI=1S/C12H22N2O2/c1-12(2,3)16-11(15)14-9-8-13-10-6-4-5-7-10/h4-5,10,13H,6-9H2,1-3H3,(H,14,15). The first-order valence-electron chi connectivity index (χ1n) is 5.82. The minimum atomic E-state index is -0.424. The third-order valence-corrected chi connectivity index (χ3v) is 2.23. The van der Waals surface area contributed by atoms with Crippen LogP contribution in [0, 0.1) is 0 Å². The van der Waals surface area contributed by atoms with Crippen molar-refractivity contribution in [2.24, 2.45) is 0 Å². The molecular weight excluding hydrogens is 204 g/mol. The second-order valence-electron chi connectivity index (χ2n) is 5.02. The molecule has 2 N–H and O–H groups in total. The topological polar surface area (TPSA) is 50.4 Å². The summed E-state index contributed by atoms with van der Waals surface area (Å²) in [5.74, 6) is 0. The van der Waals surface area contributed by atoms with Crippen molar-refractivity contribution in [3.8, 4) is 0 Å². The molecule has 0 aliphatic heterocycles. The molecule has 16 heavy (non-hydrogen) atoms. The van der Waals surface area contributed by atoms with Crippen LogP contribution >= 0.6 is 0 Å². The highest BCUT2D eigenvalue weighted by atomic mass is 16.6. The molecule has 4 nitrogen and oxygen atoms in total. The van der Waals surface area contributed by atoms with Gasteiger partial charge in [-0.3, -0.25) is 0 Å². The van der Waals surface area contributed by atoms with Crippen LogP contribution in [-0.4, -0.2) is 30.8 Å². The first-order chi connectivity index (χ1) is 7.47. The molecule has 0 bridgehead atoms. The molecule has 0 aromatic carbocycles. The number of carbonyl (C=O) groups excluding carboxylic acids is 1. The lowest BCUT2D eigenvalue weighted by Gasteiger charge is -2.20. The van der Waals surface area contributed by atoms with E-state index >= 15 is 0 Å². The van der Waals surface area contributed by atoms with E-state index in [1.54, 1.807) is 0 Å². The van der Waals surface area contributed by atoms with Gasteiger partial charge < -0.3 is 15.4 Å². The average Bonchev–Trinajstić information content (AvgIpc) is 2.62. The van der Waals surface area contributed by atoms with Gasteiger partial charge in [0.05, 0.1) is 0 Å². The van der Waals surface area contributed by atoms with Gasteiger partial charge in [-0.15, -0.1) is 0 Å². The molecule has 0 aromatic rings. The molecule has 4 heteroatoms. The summed E-state index contributed by atoms with van der Waals surface area (Å²) in [5.41, 5.74) is -0.424. The Morgan fingerprint density at radius 2 is 1.94 bits per heavy atom. The van der Waals surface area contributed by atoms with E-state index in [4.69, 9.17) is 4.74 Å². The van der Waals surface area contributed by atoms with E-state index in [0.29, 0.717) is 12.6 Å². The number of rotatable bonds is 4. The second-order valence-corrected chi connectivity index (χ2v) is 5.02. The van der Waals surface area contributed by atoms with Gasteiger partial charge in [-0.05, 0) is 33.6 Å². The summed E-state index contributed by atoms with van der Waals surface area (Å²) >= 11 is 0. The zero-order valence-electron chi connectivity index (χ0n) is 10.4. The van der Waals surface area contributed by atoms with Gasteiger partial charge in [-0.2, -0.15) is 0 Å². The Balaban J connectivity index is 2.00. The molecule has 0 spiro atoms. The number of hydrogen-bond acceptors (Lipinski definition) is 3. The number of amides is 1. The van der Waals surface area contributed by atoms with Gasteiger partial charge in [0.25, 0.3) is 0 Å². The molecule has 0 unspecified atom stereocenters. The third-order valence-electron chi connectivity index (χ3n) is 2.23. The highest BCUT2D eigenvalue weighted by Gasteiger charge is 2.15. The van der Waals surface area contributed by atoms with Crippen molar-refractivity contribution < 1.29 is 9.53 Å². The number of hydrogen-bond donors (Lipinski definition) is 2. The fourth-order valence-electron chi connectivity index (χ4n) is 1.54.